The van der Waals surface area contributed by atoms with Gasteiger partial charge < -0.3 is 10.2 Å². The molecule has 5 nitrogen and oxygen atoms in total. The Hall–Kier alpha value is -2.24. The van der Waals surface area contributed by atoms with Crippen LogP contribution in [0, 0.1) is 0 Å². The number of aromatic nitrogens is 1. The fourth-order valence-electron chi connectivity index (χ4n) is 4.10. The first-order valence-electron chi connectivity index (χ1n) is 10.0. The van der Waals surface area contributed by atoms with E-state index in [1.54, 1.807) is 6.20 Å². The van der Waals surface area contributed by atoms with E-state index >= 15 is 0 Å². The molecule has 0 radical (unpaired) electrons. The lowest BCUT2D eigenvalue weighted by molar-refractivity contribution is 0.0628. The third-order valence-corrected chi connectivity index (χ3v) is 5.69. The molecule has 3 heterocycles. The maximum absolute atomic E-state index is 13.0. The van der Waals surface area contributed by atoms with Crippen LogP contribution in [0.15, 0.2) is 48.8 Å². The molecule has 0 aliphatic carbocycles. The van der Waals surface area contributed by atoms with E-state index in [9.17, 15) is 4.79 Å². The van der Waals surface area contributed by atoms with E-state index in [1.165, 1.54) is 24.0 Å². The van der Waals surface area contributed by atoms with Gasteiger partial charge in [0.25, 0.3) is 5.91 Å². The first kappa shape index (κ1) is 18.1. The molecule has 4 rings (SSSR count). The van der Waals surface area contributed by atoms with Crippen LogP contribution in [-0.4, -0.2) is 60.0 Å². The fraction of sp³-hybridized carbons (Fsp3) is 0.455. The number of hydrogen-bond acceptors (Lipinski definition) is 4. The summed E-state index contributed by atoms with van der Waals surface area (Å²) in [6.07, 6.45) is 6.14. The average molecular weight is 364 g/mol. The number of piperazine rings is 1. The molecule has 2 aromatic rings. The molecule has 1 atom stereocenters. The topological polar surface area (TPSA) is 48.5 Å². The van der Waals surface area contributed by atoms with Crippen molar-refractivity contribution in [2.45, 2.75) is 25.3 Å². The summed E-state index contributed by atoms with van der Waals surface area (Å²) in [6, 6.07) is 12.4. The summed E-state index contributed by atoms with van der Waals surface area (Å²) in [7, 11) is 0. The maximum atomic E-state index is 13.0. The fourth-order valence-corrected chi connectivity index (χ4v) is 4.10. The van der Waals surface area contributed by atoms with Crippen molar-refractivity contribution < 1.29 is 4.79 Å². The van der Waals surface area contributed by atoms with E-state index in [1.807, 2.05) is 29.3 Å². The molecule has 1 aromatic carbocycles. The Morgan fingerprint density at radius 2 is 2.04 bits per heavy atom. The predicted octanol–water partition coefficient (Wildman–Crippen LogP) is 2.51. The van der Waals surface area contributed by atoms with Crippen molar-refractivity contribution in [3.8, 4) is 0 Å². The van der Waals surface area contributed by atoms with Crippen LogP contribution in [0.1, 0.15) is 40.2 Å². The van der Waals surface area contributed by atoms with E-state index in [-0.39, 0.29) is 5.91 Å². The van der Waals surface area contributed by atoms with Gasteiger partial charge in [-0.25, -0.2) is 0 Å². The van der Waals surface area contributed by atoms with Crippen LogP contribution in [0.3, 0.4) is 0 Å². The van der Waals surface area contributed by atoms with Gasteiger partial charge in [-0.2, -0.15) is 0 Å². The summed E-state index contributed by atoms with van der Waals surface area (Å²) in [5, 5.41) is 3.46. The lowest BCUT2D eigenvalue weighted by Gasteiger charge is -2.35. The molecule has 5 heteroatoms. The monoisotopic (exact) mass is 364 g/mol. The maximum Gasteiger partial charge on any atom is 0.253 e. The quantitative estimate of drug-likeness (QED) is 0.906. The Labute approximate surface area is 161 Å². The van der Waals surface area contributed by atoms with Gasteiger partial charge in [-0.05, 0) is 54.6 Å². The number of benzene rings is 1. The summed E-state index contributed by atoms with van der Waals surface area (Å²) < 4.78 is 0. The van der Waals surface area contributed by atoms with Crippen molar-refractivity contribution in [2.24, 2.45) is 0 Å². The van der Waals surface area contributed by atoms with Crippen molar-refractivity contribution in [2.75, 3.05) is 39.3 Å². The van der Waals surface area contributed by atoms with Crippen LogP contribution in [0.2, 0.25) is 0 Å². The van der Waals surface area contributed by atoms with Crippen molar-refractivity contribution in [1.82, 2.24) is 20.1 Å². The van der Waals surface area contributed by atoms with Gasteiger partial charge >= 0.3 is 0 Å². The molecule has 2 saturated heterocycles. The molecule has 0 bridgehead atoms. The summed E-state index contributed by atoms with van der Waals surface area (Å²) in [6.45, 7) is 6.42. The number of rotatable bonds is 4. The van der Waals surface area contributed by atoms with Gasteiger partial charge in [0.05, 0.1) is 0 Å². The SMILES string of the molecule is O=C(c1cccc([C@@H]2CCCNC2)c1)N1CCN(Cc2cccnc2)CC1. The molecule has 0 spiro atoms. The van der Waals surface area contributed by atoms with E-state index < -0.39 is 0 Å². The second-order valence-electron chi connectivity index (χ2n) is 7.60. The number of hydrogen-bond donors (Lipinski definition) is 1. The molecule has 0 saturated carbocycles. The number of nitrogens with zero attached hydrogens (tertiary/aromatic N) is 3. The third kappa shape index (κ3) is 4.54. The van der Waals surface area contributed by atoms with Gasteiger partial charge in [-0.3, -0.25) is 14.7 Å². The average Bonchev–Trinajstić information content (AvgIpc) is 2.75. The standard InChI is InChI=1S/C22H28N4O/c27-22(20-6-1-5-19(14-20)21-7-3-9-24-16-21)26-12-10-25(11-13-26)17-18-4-2-8-23-15-18/h1-2,4-6,8,14-15,21,24H,3,7,9-13,16-17H2/t21-/m1/s1. The number of carbonyl (C=O) groups is 1. The predicted molar refractivity (Wildman–Crippen MR) is 107 cm³/mol. The summed E-state index contributed by atoms with van der Waals surface area (Å²) in [5.74, 6) is 0.699. The molecule has 1 aromatic heterocycles. The zero-order chi connectivity index (χ0) is 18.5. The van der Waals surface area contributed by atoms with Gasteiger partial charge in [0.15, 0.2) is 0 Å². The zero-order valence-corrected chi connectivity index (χ0v) is 15.8. The van der Waals surface area contributed by atoms with Gasteiger partial charge in [-0.1, -0.05) is 18.2 Å². The van der Waals surface area contributed by atoms with Crippen LogP contribution in [0.5, 0.6) is 0 Å². The molecule has 27 heavy (non-hydrogen) atoms. The lowest BCUT2D eigenvalue weighted by atomic mass is 9.90. The van der Waals surface area contributed by atoms with Gasteiger partial charge in [0.2, 0.25) is 0 Å². The normalized spacial score (nSPS) is 21.2. The molecular weight excluding hydrogens is 336 g/mol. The number of carbonyl (C=O) groups excluding carboxylic acids is 1. The Balaban J connectivity index is 1.35. The van der Waals surface area contributed by atoms with E-state index in [0.29, 0.717) is 5.92 Å². The minimum Gasteiger partial charge on any atom is -0.336 e. The second kappa shape index (κ2) is 8.63. The Bertz CT molecular complexity index is 750. The molecule has 1 amide bonds. The summed E-state index contributed by atoms with van der Waals surface area (Å²) in [4.78, 5) is 21.6. The lowest BCUT2D eigenvalue weighted by Crippen LogP contribution is -2.48. The zero-order valence-electron chi connectivity index (χ0n) is 15.8. The molecule has 2 fully saturated rings. The summed E-state index contributed by atoms with van der Waals surface area (Å²) >= 11 is 0. The van der Waals surface area contributed by atoms with Gasteiger partial charge in [0.1, 0.15) is 0 Å². The Morgan fingerprint density at radius 1 is 1.15 bits per heavy atom. The van der Waals surface area contributed by atoms with Crippen molar-refractivity contribution in [3.63, 3.8) is 0 Å². The smallest absolute Gasteiger partial charge is 0.253 e. The van der Waals surface area contributed by atoms with Gasteiger partial charge in [-0.15, -0.1) is 0 Å². The second-order valence-corrected chi connectivity index (χ2v) is 7.60. The number of nitrogens with one attached hydrogen (secondary N) is 1. The Morgan fingerprint density at radius 3 is 2.78 bits per heavy atom. The van der Waals surface area contributed by atoms with E-state index in [0.717, 1.165) is 51.4 Å². The highest BCUT2D eigenvalue weighted by Crippen LogP contribution is 2.24. The van der Waals surface area contributed by atoms with Crippen LogP contribution in [0.25, 0.3) is 0 Å². The molecule has 142 valence electrons. The van der Waals surface area contributed by atoms with Gasteiger partial charge in [0, 0.05) is 57.2 Å². The minimum absolute atomic E-state index is 0.168. The van der Waals surface area contributed by atoms with Crippen LogP contribution in [-0.2, 0) is 6.54 Å². The Kier molecular flexibility index (Phi) is 5.80. The highest BCUT2D eigenvalue weighted by molar-refractivity contribution is 5.94. The molecule has 1 N–H and O–H groups in total. The van der Waals surface area contributed by atoms with Crippen molar-refractivity contribution in [3.05, 3.63) is 65.5 Å². The molecule has 2 aliphatic heterocycles. The van der Waals surface area contributed by atoms with Crippen molar-refractivity contribution >= 4 is 5.91 Å². The number of pyridine rings is 1. The highest BCUT2D eigenvalue weighted by atomic mass is 16.2. The first-order chi connectivity index (χ1) is 13.3. The molecule has 2 aliphatic rings. The first-order valence-corrected chi connectivity index (χ1v) is 10.0. The van der Waals surface area contributed by atoms with Crippen LogP contribution < -0.4 is 5.32 Å². The third-order valence-electron chi connectivity index (χ3n) is 5.69. The highest BCUT2D eigenvalue weighted by Gasteiger charge is 2.23. The van der Waals surface area contributed by atoms with E-state index in [4.69, 9.17) is 0 Å². The largest absolute Gasteiger partial charge is 0.336 e. The van der Waals surface area contributed by atoms with Crippen molar-refractivity contribution in [1.29, 1.82) is 0 Å². The summed E-state index contributed by atoms with van der Waals surface area (Å²) in [5.41, 5.74) is 3.35. The van der Waals surface area contributed by atoms with Crippen LogP contribution in [0.4, 0.5) is 0 Å². The molecule has 0 unspecified atom stereocenters. The number of amides is 1. The minimum atomic E-state index is 0.168. The number of piperidine rings is 1. The van der Waals surface area contributed by atoms with E-state index in [2.05, 4.69) is 33.4 Å². The van der Waals surface area contributed by atoms with Crippen LogP contribution >= 0.6 is 0 Å². The molecular formula is C22H28N4O.